The molecule has 322 valence electrons. The quantitative estimate of drug-likeness (QED) is 0.0440. The lowest BCUT2D eigenvalue weighted by Crippen LogP contribution is -2.59. The van der Waals surface area contributed by atoms with Crippen molar-refractivity contribution in [2.75, 3.05) is 25.0 Å². The van der Waals surface area contributed by atoms with Crippen LogP contribution in [-0.4, -0.2) is 101 Å². The highest BCUT2D eigenvalue weighted by Gasteiger charge is 2.42. The minimum absolute atomic E-state index is 0.0469. The number of hydrogen-bond donors (Lipinski definition) is 8. The second kappa shape index (κ2) is 22.0. The lowest BCUT2D eigenvalue weighted by molar-refractivity contribution is -0.144. The number of carbonyl (C=O) groups is 7. The minimum Gasteiger partial charge on any atom is -0.481 e. The van der Waals surface area contributed by atoms with E-state index in [2.05, 4.69) is 31.6 Å². The van der Waals surface area contributed by atoms with Gasteiger partial charge in [-0.3, -0.25) is 38.6 Å². The van der Waals surface area contributed by atoms with Gasteiger partial charge in [0.1, 0.15) is 24.2 Å². The van der Waals surface area contributed by atoms with Crippen LogP contribution in [0.5, 0.6) is 0 Å². The summed E-state index contributed by atoms with van der Waals surface area (Å²) in [6, 6.07) is 15.3. The first-order valence-corrected chi connectivity index (χ1v) is 20.2. The normalized spacial score (nSPS) is 15.7. The molecule has 1 heterocycles. The van der Waals surface area contributed by atoms with Gasteiger partial charge in [0.15, 0.2) is 5.96 Å². The second-order valence-corrected chi connectivity index (χ2v) is 15.5. The van der Waals surface area contributed by atoms with E-state index in [1.807, 2.05) is 57.2 Å². The van der Waals surface area contributed by atoms with Crippen molar-refractivity contribution in [2.45, 2.75) is 90.4 Å². The molecule has 0 aromatic heterocycles. The fourth-order valence-electron chi connectivity index (χ4n) is 6.83. The number of nitrogens with zero attached hydrogens (tertiary/aromatic N) is 2. The molecule has 3 aromatic carbocycles. The molecule has 3 aromatic rings. The number of amides is 6. The number of fused-ring (bicyclic) bond motifs is 1. The monoisotopic (exact) mass is 827 g/mol. The topological polar surface area (TPSA) is 268 Å². The van der Waals surface area contributed by atoms with Crippen LogP contribution in [0.1, 0.15) is 75.7 Å². The van der Waals surface area contributed by atoms with Crippen molar-refractivity contribution in [2.24, 2.45) is 28.3 Å². The van der Waals surface area contributed by atoms with E-state index in [-0.39, 0.29) is 50.1 Å². The molecular weight excluding hydrogens is 771 g/mol. The van der Waals surface area contributed by atoms with Gasteiger partial charge in [-0.15, -0.1) is 0 Å². The van der Waals surface area contributed by atoms with E-state index in [4.69, 9.17) is 11.5 Å². The third-order valence-corrected chi connectivity index (χ3v) is 10.2. The first-order valence-electron chi connectivity index (χ1n) is 20.2. The predicted molar refractivity (Wildman–Crippen MR) is 227 cm³/mol. The molecule has 10 N–H and O–H groups in total. The summed E-state index contributed by atoms with van der Waals surface area (Å²) in [4.78, 5) is 97.5. The lowest BCUT2D eigenvalue weighted by atomic mass is 9.96. The van der Waals surface area contributed by atoms with E-state index in [0.717, 1.165) is 10.8 Å². The van der Waals surface area contributed by atoms with Crippen molar-refractivity contribution in [3.8, 4) is 0 Å². The van der Waals surface area contributed by atoms with Crippen LogP contribution >= 0.6 is 0 Å². The Morgan fingerprint density at radius 3 is 2.22 bits per heavy atom. The van der Waals surface area contributed by atoms with Crippen LogP contribution < -0.4 is 38.1 Å². The van der Waals surface area contributed by atoms with Crippen LogP contribution in [0.25, 0.3) is 10.8 Å². The number of carboxylic acids is 1. The average molecular weight is 828 g/mol. The molecule has 0 unspecified atom stereocenters. The molecule has 0 spiro atoms. The van der Waals surface area contributed by atoms with Crippen LogP contribution in [0, 0.1) is 11.8 Å². The fourth-order valence-corrected chi connectivity index (χ4v) is 6.83. The number of anilines is 1. The van der Waals surface area contributed by atoms with Gasteiger partial charge in [-0.1, -0.05) is 76.6 Å². The van der Waals surface area contributed by atoms with Crippen molar-refractivity contribution >= 4 is 63.8 Å². The smallest absolute Gasteiger partial charge is 0.305 e. The highest BCUT2D eigenvalue weighted by molar-refractivity contribution is 6.06. The molecule has 1 aliphatic rings. The van der Waals surface area contributed by atoms with Gasteiger partial charge in [-0.05, 0) is 71.7 Å². The largest absolute Gasteiger partial charge is 0.481 e. The number of carboxylic acid groups (broad SMARTS) is 1. The standard InChI is InChI=1S/C43H57N9O8/c1-5-26(4)37(41(59)51-34(23-36(54)55)40(58)50-32(11-8-19-46-43(44)45)39(57)47-24-25(2)3)52-20-18-33(42(52)60)49-35(53)21-27-12-16-31(17-13-27)48-38(56)30-15-14-28-9-6-7-10-29(28)22-30/h6-7,9-10,12-17,22,25-26,32-34,37H,5,8,11,18-21,23-24H2,1-4H3,(H,47,57)(H,48,56)(H,49,53)(H,50,58)(H,51,59)(H,54,55)(H4,44,45,46)/t26-,32-,33+,34-,37-/m0/s1. The Morgan fingerprint density at radius 1 is 0.883 bits per heavy atom. The molecule has 4 rings (SSSR count). The number of aliphatic imine (C=N–C) groups is 1. The molecule has 1 aliphatic heterocycles. The van der Waals surface area contributed by atoms with Crippen LogP contribution in [0.4, 0.5) is 5.69 Å². The number of rotatable bonds is 21. The number of carbonyl (C=O) groups excluding carboxylic acids is 6. The van der Waals surface area contributed by atoms with E-state index in [1.54, 1.807) is 37.3 Å². The Hall–Kier alpha value is -6.52. The van der Waals surface area contributed by atoms with Gasteiger partial charge in [0, 0.05) is 30.9 Å². The average Bonchev–Trinajstić information content (AvgIpc) is 3.55. The summed E-state index contributed by atoms with van der Waals surface area (Å²) in [5.41, 5.74) is 12.5. The van der Waals surface area contributed by atoms with Crippen molar-refractivity contribution in [3.05, 3.63) is 77.9 Å². The summed E-state index contributed by atoms with van der Waals surface area (Å²) in [5, 5.41) is 25.2. The zero-order chi connectivity index (χ0) is 43.9. The van der Waals surface area contributed by atoms with Gasteiger partial charge in [0.25, 0.3) is 5.91 Å². The minimum atomic E-state index is -1.58. The number of nitrogens with one attached hydrogen (secondary N) is 5. The Bertz CT molecular complexity index is 2050. The Morgan fingerprint density at radius 2 is 1.57 bits per heavy atom. The molecule has 1 fully saturated rings. The maximum Gasteiger partial charge on any atom is 0.305 e. The number of hydrogen-bond acceptors (Lipinski definition) is 8. The van der Waals surface area contributed by atoms with Gasteiger partial charge in [-0.25, -0.2) is 0 Å². The fraction of sp³-hybridized carbons (Fsp3) is 0.442. The highest BCUT2D eigenvalue weighted by Crippen LogP contribution is 2.23. The van der Waals surface area contributed by atoms with E-state index >= 15 is 0 Å². The van der Waals surface area contributed by atoms with Crippen LogP contribution in [0.15, 0.2) is 71.7 Å². The van der Waals surface area contributed by atoms with Crippen molar-refractivity contribution < 1.29 is 38.7 Å². The van der Waals surface area contributed by atoms with Crippen molar-refractivity contribution in [1.29, 1.82) is 0 Å². The second-order valence-electron chi connectivity index (χ2n) is 15.5. The summed E-state index contributed by atoms with van der Waals surface area (Å²) < 4.78 is 0. The van der Waals surface area contributed by atoms with E-state index < -0.39 is 72.0 Å². The Kier molecular flexibility index (Phi) is 16.9. The summed E-state index contributed by atoms with van der Waals surface area (Å²) >= 11 is 0. The Balaban J connectivity index is 1.37. The number of aliphatic carboxylic acids is 1. The molecule has 17 heteroatoms. The number of benzene rings is 3. The van der Waals surface area contributed by atoms with E-state index in [1.165, 1.54) is 4.90 Å². The summed E-state index contributed by atoms with van der Waals surface area (Å²) in [6.07, 6.45) is 0.287. The summed E-state index contributed by atoms with van der Waals surface area (Å²) in [5.74, 6) is -5.11. The van der Waals surface area contributed by atoms with Gasteiger partial charge in [-0.2, -0.15) is 0 Å². The number of guanidine groups is 1. The molecule has 60 heavy (non-hydrogen) atoms. The molecule has 1 saturated heterocycles. The SMILES string of the molecule is CC[C@H](C)[C@@H](C(=O)N[C@@H](CC(=O)O)C(=O)N[C@@H](CCCN=C(N)N)C(=O)NCC(C)C)N1CC[C@@H](NC(=O)Cc2ccc(NC(=O)c3ccc4ccccc4c3)cc2)C1=O. The third-order valence-electron chi connectivity index (χ3n) is 10.2. The Labute approximate surface area is 349 Å². The molecule has 17 nitrogen and oxygen atoms in total. The van der Waals surface area contributed by atoms with Crippen molar-refractivity contribution in [1.82, 2.24) is 26.2 Å². The van der Waals surface area contributed by atoms with Crippen LogP contribution in [0.2, 0.25) is 0 Å². The van der Waals surface area contributed by atoms with Crippen LogP contribution in [0.3, 0.4) is 0 Å². The molecule has 5 atom stereocenters. The summed E-state index contributed by atoms with van der Waals surface area (Å²) in [7, 11) is 0. The molecule has 0 radical (unpaired) electrons. The number of nitrogens with two attached hydrogens (primary N) is 2. The molecule has 0 saturated carbocycles. The van der Waals surface area contributed by atoms with Crippen LogP contribution in [-0.2, 0) is 35.2 Å². The van der Waals surface area contributed by atoms with E-state index in [0.29, 0.717) is 36.2 Å². The first kappa shape index (κ1) is 46.2. The summed E-state index contributed by atoms with van der Waals surface area (Å²) in [6.45, 7) is 8.03. The zero-order valence-electron chi connectivity index (χ0n) is 34.5. The van der Waals surface area contributed by atoms with Gasteiger partial charge >= 0.3 is 5.97 Å². The molecule has 0 bridgehead atoms. The maximum atomic E-state index is 13.9. The van der Waals surface area contributed by atoms with Gasteiger partial charge in [0.05, 0.1) is 12.8 Å². The maximum absolute atomic E-state index is 13.9. The molecular formula is C43H57N9O8. The molecule has 0 aliphatic carbocycles. The predicted octanol–water partition coefficient (Wildman–Crippen LogP) is 2.04. The number of likely N-dealkylation sites (tertiary alicyclic amines) is 1. The first-order chi connectivity index (χ1) is 28.6. The van der Waals surface area contributed by atoms with Gasteiger partial charge < -0.3 is 48.1 Å². The van der Waals surface area contributed by atoms with Gasteiger partial charge in [0.2, 0.25) is 29.5 Å². The highest BCUT2D eigenvalue weighted by atomic mass is 16.4. The lowest BCUT2D eigenvalue weighted by Gasteiger charge is -2.33. The zero-order valence-corrected chi connectivity index (χ0v) is 34.5. The van der Waals surface area contributed by atoms with E-state index in [9.17, 15) is 38.7 Å². The van der Waals surface area contributed by atoms with Crippen molar-refractivity contribution in [3.63, 3.8) is 0 Å². The molecule has 6 amide bonds. The third kappa shape index (κ3) is 13.5.